The number of hydrogen-bond acceptors (Lipinski definition) is 4. The Hall–Kier alpha value is -3.41. The topological polar surface area (TPSA) is 62.7 Å². The van der Waals surface area contributed by atoms with E-state index < -0.39 is 11.8 Å². The van der Waals surface area contributed by atoms with Gasteiger partial charge in [0.2, 0.25) is 0 Å². The molecule has 2 aromatic carbocycles. The molecule has 1 aliphatic heterocycles. The Morgan fingerprint density at radius 2 is 2.06 bits per heavy atom. The number of aryl methyl sites for hydroxylation is 2. The van der Waals surface area contributed by atoms with E-state index in [2.05, 4.69) is 16.0 Å². The number of hydrogen-bond donors (Lipinski definition) is 1. The molecule has 0 bridgehead atoms. The lowest BCUT2D eigenvalue weighted by Gasteiger charge is -2.32. The summed E-state index contributed by atoms with van der Waals surface area (Å²) in [6.07, 6.45) is 3.97. The SMILES string of the molecule is O=C(O)CCc1ccc(COc2cccc3c2N(Cc2ccccn2)CCC3)cc1F. The van der Waals surface area contributed by atoms with Crippen molar-refractivity contribution >= 4 is 11.7 Å². The normalized spacial score (nSPS) is 13.0. The fourth-order valence-electron chi connectivity index (χ4n) is 3.95. The molecule has 0 amide bonds. The quantitative estimate of drug-likeness (QED) is 0.569. The molecule has 0 aliphatic carbocycles. The van der Waals surface area contributed by atoms with Crippen molar-refractivity contribution in [2.75, 3.05) is 11.4 Å². The molecule has 0 unspecified atom stereocenters. The van der Waals surface area contributed by atoms with Crippen molar-refractivity contribution in [2.24, 2.45) is 0 Å². The molecule has 31 heavy (non-hydrogen) atoms. The van der Waals surface area contributed by atoms with Crippen LogP contribution in [0.25, 0.3) is 0 Å². The maximum Gasteiger partial charge on any atom is 0.303 e. The summed E-state index contributed by atoms with van der Waals surface area (Å²) in [4.78, 5) is 17.5. The molecule has 0 spiro atoms. The highest BCUT2D eigenvalue weighted by Gasteiger charge is 2.21. The largest absolute Gasteiger partial charge is 0.487 e. The van der Waals surface area contributed by atoms with Crippen LogP contribution < -0.4 is 9.64 Å². The number of fused-ring (bicyclic) bond motifs is 1. The maximum absolute atomic E-state index is 14.3. The Labute approximate surface area is 181 Å². The second kappa shape index (κ2) is 9.60. The van der Waals surface area contributed by atoms with Crippen LogP contribution >= 0.6 is 0 Å². The van der Waals surface area contributed by atoms with E-state index in [4.69, 9.17) is 9.84 Å². The van der Waals surface area contributed by atoms with Gasteiger partial charge in [-0.05, 0) is 60.2 Å². The van der Waals surface area contributed by atoms with Gasteiger partial charge in [-0.1, -0.05) is 30.3 Å². The Morgan fingerprint density at radius 3 is 2.84 bits per heavy atom. The third-order valence-electron chi connectivity index (χ3n) is 5.47. The number of nitrogens with zero attached hydrogens (tertiary/aromatic N) is 2. The number of benzene rings is 2. The number of aromatic nitrogens is 1. The molecule has 1 aromatic heterocycles. The number of para-hydroxylation sites is 1. The minimum Gasteiger partial charge on any atom is -0.487 e. The van der Waals surface area contributed by atoms with Crippen molar-refractivity contribution in [1.29, 1.82) is 0 Å². The summed E-state index contributed by atoms with van der Waals surface area (Å²) in [6, 6.07) is 16.9. The standard InChI is InChI=1S/C25H25FN2O3/c26-22-15-18(9-10-19(22)11-12-24(29)30)17-31-23-8-3-5-20-6-4-14-28(25(20)23)16-21-7-1-2-13-27-21/h1-3,5,7-10,13,15H,4,6,11-12,14,16-17H2,(H,29,30). The predicted octanol–water partition coefficient (Wildman–Crippen LogP) is 4.77. The zero-order chi connectivity index (χ0) is 21.6. The van der Waals surface area contributed by atoms with Gasteiger partial charge < -0.3 is 14.7 Å². The lowest BCUT2D eigenvalue weighted by Crippen LogP contribution is -2.29. The first-order valence-electron chi connectivity index (χ1n) is 10.5. The van der Waals surface area contributed by atoms with Gasteiger partial charge in [0, 0.05) is 19.2 Å². The first-order valence-corrected chi connectivity index (χ1v) is 10.5. The smallest absolute Gasteiger partial charge is 0.303 e. The Bertz CT molecular complexity index is 1060. The van der Waals surface area contributed by atoms with Crippen LogP contribution in [0.5, 0.6) is 5.75 Å². The number of rotatable bonds is 8. The van der Waals surface area contributed by atoms with E-state index in [-0.39, 0.29) is 19.4 Å². The summed E-state index contributed by atoms with van der Waals surface area (Å²) in [5, 5.41) is 8.79. The number of halogens is 1. The molecule has 0 radical (unpaired) electrons. The number of anilines is 1. The van der Waals surface area contributed by atoms with Crippen molar-refractivity contribution in [2.45, 2.75) is 38.8 Å². The predicted molar refractivity (Wildman–Crippen MR) is 117 cm³/mol. The second-order valence-corrected chi connectivity index (χ2v) is 7.72. The number of pyridine rings is 1. The average molecular weight is 420 g/mol. The van der Waals surface area contributed by atoms with Crippen LogP contribution in [0.4, 0.5) is 10.1 Å². The van der Waals surface area contributed by atoms with Gasteiger partial charge in [0.1, 0.15) is 18.2 Å². The minimum absolute atomic E-state index is 0.0883. The minimum atomic E-state index is -0.934. The molecule has 5 nitrogen and oxygen atoms in total. The van der Waals surface area contributed by atoms with Crippen LogP contribution in [0, 0.1) is 5.82 Å². The van der Waals surface area contributed by atoms with Crippen molar-refractivity contribution in [1.82, 2.24) is 4.98 Å². The summed E-state index contributed by atoms with van der Waals surface area (Å²) in [7, 11) is 0. The van der Waals surface area contributed by atoms with Crippen LogP contribution in [0.1, 0.15) is 35.2 Å². The second-order valence-electron chi connectivity index (χ2n) is 7.72. The summed E-state index contributed by atoms with van der Waals surface area (Å²) in [5.74, 6) is -0.548. The van der Waals surface area contributed by atoms with E-state index in [0.717, 1.165) is 36.5 Å². The van der Waals surface area contributed by atoms with Gasteiger partial charge in [-0.3, -0.25) is 9.78 Å². The molecule has 2 heterocycles. The van der Waals surface area contributed by atoms with Gasteiger partial charge in [-0.25, -0.2) is 4.39 Å². The highest BCUT2D eigenvalue weighted by molar-refractivity contribution is 5.67. The molecule has 3 aromatic rings. The number of carboxylic acids is 1. The molecular formula is C25H25FN2O3. The van der Waals surface area contributed by atoms with Crippen LogP contribution in [-0.2, 0) is 30.8 Å². The van der Waals surface area contributed by atoms with E-state index in [0.29, 0.717) is 17.7 Å². The zero-order valence-corrected chi connectivity index (χ0v) is 17.3. The maximum atomic E-state index is 14.3. The first kappa shape index (κ1) is 20.8. The van der Waals surface area contributed by atoms with Crippen molar-refractivity contribution < 1.29 is 19.0 Å². The van der Waals surface area contributed by atoms with Crippen LogP contribution in [-0.4, -0.2) is 22.6 Å². The van der Waals surface area contributed by atoms with Gasteiger partial charge in [-0.2, -0.15) is 0 Å². The van der Waals surface area contributed by atoms with E-state index in [1.165, 1.54) is 11.6 Å². The molecule has 6 heteroatoms. The van der Waals surface area contributed by atoms with E-state index in [1.807, 2.05) is 30.3 Å². The Kier molecular flexibility index (Phi) is 6.46. The third-order valence-corrected chi connectivity index (χ3v) is 5.47. The Balaban J connectivity index is 1.49. The number of ether oxygens (including phenoxy) is 1. The Morgan fingerprint density at radius 1 is 1.16 bits per heavy atom. The van der Waals surface area contributed by atoms with Crippen LogP contribution in [0.3, 0.4) is 0 Å². The molecule has 0 saturated heterocycles. The fourth-order valence-corrected chi connectivity index (χ4v) is 3.95. The van der Waals surface area contributed by atoms with Crippen LogP contribution in [0.2, 0.25) is 0 Å². The zero-order valence-electron chi connectivity index (χ0n) is 17.3. The van der Waals surface area contributed by atoms with Crippen LogP contribution in [0.15, 0.2) is 60.8 Å². The van der Waals surface area contributed by atoms with Gasteiger partial charge in [0.05, 0.1) is 17.9 Å². The van der Waals surface area contributed by atoms with E-state index in [1.54, 1.807) is 18.3 Å². The molecule has 0 fully saturated rings. The summed E-state index contributed by atoms with van der Waals surface area (Å²) >= 11 is 0. The summed E-state index contributed by atoms with van der Waals surface area (Å²) in [6.45, 7) is 1.88. The summed E-state index contributed by atoms with van der Waals surface area (Å²) in [5.41, 5.74) is 4.45. The number of aliphatic carboxylic acids is 1. The number of carbonyl (C=O) groups is 1. The van der Waals surface area contributed by atoms with Crippen molar-refractivity contribution in [3.05, 3.63) is 89.0 Å². The lowest BCUT2D eigenvalue weighted by molar-refractivity contribution is -0.136. The molecule has 1 N–H and O–H groups in total. The first-order chi connectivity index (χ1) is 15.1. The van der Waals surface area contributed by atoms with Gasteiger partial charge in [0.25, 0.3) is 0 Å². The number of carboxylic acid groups (broad SMARTS) is 1. The molecule has 1 aliphatic rings. The highest BCUT2D eigenvalue weighted by atomic mass is 19.1. The molecule has 4 rings (SSSR count). The molecule has 0 saturated carbocycles. The third kappa shape index (κ3) is 5.20. The van der Waals surface area contributed by atoms with Gasteiger partial charge >= 0.3 is 5.97 Å². The van der Waals surface area contributed by atoms with E-state index >= 15 is 0 Å². The van der Waals surface area contributed by atoms with Gasteiger partial charge in [0.15, 0.2) is 0 Å². The average Bonchev–Trinajstić information content (AvgIpc) is 2.77. The molecule has 160 valence electrons. The van der Waals surface area contributed by atoms with E-state index in [9.17, 15) is 9.18 Å². The van der Waals surface area contributed by atoms with Crippen molar-refractivity contribution in [3.8, 4) is 5.75 Å². The molecule has 0 atom stereocenters. The monoisotopic (exact) mass is 420 g/mol. The summed E-state index contributed by atoms with van der Waals surface area (Å²) < 4.78 is 20.5. The highest BCUT2D eigenvalue weighted by Crippen LogP contribution is 2.37. The lowest BCUT2D eigenvalue weighted by atomic mass is 10.0. The fraction of sp³-hybridized carbons (Fsp3) is 0.280. The van der Waals surface area contributed by atoms with Gasteiger partial charge in [-0.15, -0.1) is 0 Å². The van der Waals surface area contributed by atoms with Crippen molar-refractivity contribution in [3.63, 3.8) is 0 Å². The molecular weight excluding hydrogens is 395 g/mol.